The lowest BCUT2D eigenvalue weighted by molar-refractivity contribution is -0.117. The maximum Gasteiger partial charge on any atom is 0.261 e. The van der Waals surface area contributed by atoms with Crippen LogP contribution in [0.5, 0.6) is 11.5 Å². The van der Waals surface area contributed by atoms with Gasteiger partial charge in [-0.1, -0.05) is 28.1 Å². The molecule has 0 heterocycles. The summed E-state index contributed by atoms with van der Waals surface area (Å²) in [4.78, 5) is 12.2. The molecule has 8 heteroatoms. The van der Waals surface area contributed by atoms with Gasteiger partial charge in [-0.3, -0.25) is 4.79 Å². The van der Waals surface area contributed by atoms with Crippen molar-refractivity contribution in [1.29, 1.82) is 5.26 Å². The Morgan fingerprint density at radius 1 is 1.27 bits per heavy atom. The number of rotatable bonds is 10. The van der Waals surface area contributed by atoms with Crippen LogP contribution in [0, 0.1) is 14.9 Å². The second-order valence-corrected chi connectivity index (χ2v) is 8.30. The minimum atomic E-state index is -0.418. The Hall–Kier alpha value is -2.09. The first kappa shape index (κ1) is 24.2. The van der Waals surface area contributed by atoms with Gasteiger partial charge in [-0.2, -0.15) is 5.26 Å². The van der Waals surface area contributed by atoms with Gasteiger partial charge in [0.25, 0.3) is 5.91 Å². The van der Waals surface area contributed by atoms with E-state index in [2.05, 4.69) is 43.8 Å². The largest absolute Gasteiger partial charge is 0.493 e. The molecule has 6 nitrogen and oxygen atoms in total. The van der Waals surface area contributed by atoms with Crippen LogP contribution in [0.15, 0.2) is 46.4 Å². The minimum Gasteiger partial charge on any atom is -0.493 e. The summed E-state index contributed by atoms with van der Waals surface area (Å²) in [7, 11) is 3.16. The van der Waals surface area contributed by atoms with E-state index in [0.29, 0.717) is 43.2 Å². The SMILES string of the molecule is COCCCNC(=O)/C(C#N)=C/c1cc(I)c(OCc2ccc(Br)cc2)c(OC)c1. The molecule has 0 bridgehead atoms. The molecule has 0 radical (unpaired) electrons. The highest BCUT2D eigenvalue weighted by atomic mass is 127. The molecule has 2 aromatic rings. The molecular weight excluding hydrogens is 563 g/mol. The van der Waals surface area contributed by atoms with Crippen molar-refractivity contribution in [3.05, 3.63) is 61.1 Å². The van der Waals surface area contributed by atoms with Crippen LogP contribution in [0.3, 0.4) is 0 Å². The van der Waals surface area contributed by atoms with Gasteiger partial charge in [0.05, 0.1) is 10.7 Å². The van der Waals surface area contributed by atoms with Crippen molar-refractivity contribution in [3.8, 4) is 17.6 Å². The third-order valence-corrected chi connectivity index (χ3v) is 5.37. The van der Waals surface area contributed by atoms with Gasteiger partial charge in [-0.05, 0) is 70.5 Å². The van der Waals surface area contributed by atoms with Gasteiger partial charge in [0.1, 0.15) is 18.2 Å². The van der Waals surface area contributed by atoms with Crippen molar-refractivity contribution in [2.24, 2.45) is 0 Å². The van der Waals surface area contributed by atoms with Crippen LogP contribution in [-0.4, -0.2) is 33.3 Å². The monoisotopic (exact) mass is 584 g/mol. The van der Waals surface area contributed by atoms with E-state index in [-0.39, 0.29) is 5.57 Å². The third kappa shape index (κ3) is 7.31. The lowest BCUT2D eigenvalue weighted by Crippen LogP contribution is -2.26. The summed E-state index contributed by atoms with van der Waals surface area (Å²) in [6, 6.07) is 13.4. The molecule has 1 amide bonds. The summed E-state index contributed by atoms with van der Waals surface area (Å²) in [6.07, 6.45) is 2.21. The first-order valence-electron chi connectivity index (χ1n) is 9.12. The van der Waals surface area contributed by atoms with Crippen molar-refractivity contribution in [2.75, 3.05) is 27.4 Å². The Morgan fingerprint density at radius 2 is 2.00 bits per heavy atom. The smallest absolute Gasteiger partial charge is 0.261 e. The zero-order valence-electron chi connectivity index (χ0n) is 16.7. The lowest BCUT2D eigenvalue weighted by Gasteiger charge is -2.14. The summed E-state index contributed by atoms with van der Waals surface area (Å²) < 4.78 is 18.2. The normalized spacial score (nSPS) is 11.0. The number of hydrogen-bond acceptors (Lipinski definition) is 5. The second-order valence-electron chi connectivity index (χ2n) is 6.22. The quantitative estimate of drug-likeness (QED) is 0.189. The van der Waals surface area contributed by atoms with Gasteiger partial charge in [0, 0.05) is 24.7 Å². The Kier molecular flexibility index (Phi) is 10.1. The topological polar surface area (TPSA) is 80.6 Å². The number of nitrogens with one attached hydrogen (secondary N) is 1. The first-order chi connectivity index (χ1) is 14.5. The minimum absolute atomic E-state index is 0.0220. The average molecular weight is 585 g/mol. The number of amides is 1. The van der Waals surface area contributed by atoms with Crippen LogP contribution in [0.4, 0.5) is 0 Å². The molecular formula is C22H22BrIN2O4. The number of methoxy groups -OCH3 is 2. The fourth-order valence-electron chi connectivity index (χ4n) is 2.53. The molecule has 1 N–H and O–H groups in total. The number of halogens is 2. The van der Waals surface area contributed by atoms with Crippen molar-refractivity contribution in [2.45, 2.75) is 13.0 Å². The van der Waals surface area contributed by atoms with E-state index in [0.717, 1.165) is 13.6 Å². The predicted molar refractivity (Wildman–Crippen MR) is 127 cm³/mol. The molecule has 30 heavy (non-hydrogen) atoms. The maximum atomic E-state index is 12.2. The number of nitrogens with zero attached hydrogens (tertiary/aromatic N) is 1. The Bertz CT molecular complexity index is 939. The zero-order valence-corrected chi connectivity index (χ0v) is 20.4. The van der Waals surface area contributed by atoms with Crippen LogP contribution in [0.25, 0.3) is 6.08 Å². The molecule has 0 aliphatic rings. The summed E-state index contributed by atoms with van der Waals surface area (Å²) in [5.41, 5.74) is 1.72. The van der Waals surface area contributed by atoms with E-state index in [1.807, 2.05) is 36.4 Å². The molecule has 0 saturated carbocycles. The number of hydrogen-bond donors (Lipinski definition) is 1. The molecule has 2 rings (SSSR count). The highest BCUT2D eigenvalue weighted by Crippen LogP contribution is 2.35. The van der Waals surface area contributed by atoms with Crippen LogP contribution in [0.2, 0.25) is 0 Å². The highest BCUT2D eigenvalue weighted by Gasteiger charge is 2.14. The van der Waals surface area contributed by atoms with Crippen molar-refractivity contribution in [1.82, 2.24) is 5.32 Å². The average Bonchev–Trinajstić information content (AvgIpc) is 2.75. The van der Waals surface area contributed by atoms with Gasteiger partial charge >= 0.3 is 0 Å². The maximum absolute atomic E-state index is 12.2. The zero-order chi connectivity index (χ0) is 21.9. The van der Waals surface area contributed by atoms with Crippen LogP contribution < -0.4 is 14.8 Å². The van der Waals surface area contributed by atoms with Gasteiger partial charge in [-0.25, -0.2) is 0 Å². The van der Waals surface area contributed by atoms with Gasteiger partial charge in [0.2, 0.25) is 0 Å². The molecule has 2 aromatic carbocycles. The van der Waals surface area contributed by atoms with E-state index in [1.54, 1.807) is 20.3 Å². The molecule has 0 spiro atoms. The number of benzene rings is 2. The summed E-state index contributed by atoms with van der Waals surface area (Å²) in [5, 5.41) is 12.1. The molecule has 0 aliphatic heterocycles. The van der Waals surface area contributed by atoms with Crippen molar-refractivity contribution >= 4 is 50.5 Å². The van der Waals surface area contributed by atoms with Gasteiger partial charge < -0.3 is 19.5 Å². The molecule has 158 valence electrons. The Morgan fingerprint density at radius 3 is 2.63 bits per heavy atom. The predicted octanol–water partition coefficient (Wildman–Crippen LogP) is 4.70. The van der Waals surface area contributed by atoms with Crippen LogP contribution in [-0.2, 0) is 16.1 Å². The van der Waals surface area contributed by atoms with Crippen LogP contribution in [0.1, 0.15) is 17.5 Å². The fraction of sp³-hybridized carbons (Fsp3) is 0.273. The van der Waals surface area contributed by atoms with E-state index in [4.69, 9.17) is 14.2 Å². The standard InChI is InChI=1S/C22H22BrIN2O4/c1-28-9-3-8-26-22(27)17(13-25)10-16-11-19(24)21(20(12-16)29-2)30-14-15-4-6-18(23)7-5-15/h4-7,10-12H,3,8-9,14H2,1-2H3,(H,26,27)/b17-10+. The molecule has 0 aliphatic carbocycles. The lowest BCUT2D eigenvalue weighted by atomic mass is 10.1. The molecule has 0 unspecified atom stereocenters. The highest BCUT2D eigenvalue weighted by molar-refractivity contribution is 14.1. The van der Waals surface area contributed by atoms with Crippen molar-refractivity contribution in [3.63, 3.8) is 0 Å². The molecule has 0 saturated heterocycles. The molecule has 0 atom stereocenters. The fourth-order valence-corrected chi connectivity index (χ4v) is 3.57. The van der Waals surface area contributed by atoms with E-state index in [1.165, 1.54) is 6.08 Å². The van der Waals surface area contributed by atoms with E-state index in [9.17, 15) is 10.1 Å². The number of nitriles is 1. The van der Waals surface area contributed by atoms with Crippen molar-refractivity contribution < 1.29 is 19.0 Å². The number of carbonyl (C=O) groups excluding carboxylic acids is 1. The third-order valence-electron chi connectivity index (χ3n) is 4.04. The Balaban J connectivity index is 2.16. The molecule has 0 aromatic heterocycles. The number of ether oxygens (including phenoxy) is 3. The van der Waals surface area contributed by atoms with Gasteiger partial charge in [0.15, 0.2) is 11.5 Å². The second kappa shape index (κ2) is 12.6. The number of carbonyl (C=O) groups is 1. The summed E-state index contributed by atoms with van der Waals surface area (Å²) in [6.45, 7) is 1.38. The Labute approximate surface area is 198 Å². The first-order valence-corrected chi connectivity index (χ1v) is 11.0. The summed E-state index contributed by atoms with van der Waals surface area (Å²) in [5.74, 6) is 0.724. The van der Waals surface area contributed by atoms with E-state index >= 15 is 0 Å². The molecule has 0 fully saturated rings. The summed E-state index contributed by atoms with van der Waals surface area (Å²) >= 11 is 5.57. The van der Waals surface area contributed by atoms with Crippen LogP contribution >= 0.6 is 38.5 Å². The van der Waals surface area contributed by atoms with E-state index < -0.39 is 5.91 Å². The van der Waals surface area contributed by atoms with Gasteiger partial charge in [-0.15, -0.1) is 0 Å².